The maximum absolute atomic E-state index is 12.2. The number of nitrogens with one attached hydrogen (secondary N) is 3. The van der Waals surface area contributed by atoms with Gasteiger partial charge in [-0.1, -0.05) is 24.6 Å². The van der Waals surface area contributed by atoms with Crippen LogP contribution in [0.25, 0.3) is 0 Å². The number of hydrogen-bond donors (Lipinski definition) is 3. The molecule has 0 atom stereocenters. The van der Waals surface area contributed by atoms with Crippen LogP contribution in [0.5, 0.6) is 0 Å². The molecule has 0 aromatic heterocycles. The molecule has 1 aliphatic carbocycles. The molecule has 2 aliphatic rings. The van der Waals surface area contributed by atoms with Crippen LogP contribution >= 0.6 is 12.2 Å². The lowest BCUT2D eigenvalue weighted by Gasteiger charge is -2.39. The average molecular weight is 302 g/mol. The second-order valence-electron chi connectivity index (χ2n) is 5.45. The lowest BCUT2D eigenvalue weighted by molar-refractivity contribution is 0.0975. The fourth-order valence-corrected chi connectivity index (χ4v) is 3.11. The van der Waals surface area contributed by atoms with Gasteiger partial charge in [0.05, 0.1) is 0 Å². The molecule has 1 aromatic carbocycles. The number of carbonyl (C=O) groups is 1. The molecular weight excluding hydrogens is 284 g/mol. The highest BCUT2D eigenvalue weighted by molar-refractivity contribution is 7.80. The van der Waals surface area contributed by atoms with E-state index >= 15 is 0 Å². The first kappa shape index (κ1) is 14.0. The number of hydrogen-bond acceptors (Lipinski definition) is 3. The van der Waals surface area contributed by atoms with Crippen LogP contribution in [0.3, 0.4) is 0 Å². The van der Waals surface area contributed by atoms with E-state index in [0.717, 1.165) is 25.7 Å². The number of aliphatic imine (C=N–C) groups is 1. The Labute approximate surface area is 129 Å². The topological polar surface area (TPSA) is 65.5 Å². The molecule has 0 unspecified atom stereocenters. The van der Waals surface area contributed by atoms with Gasteiger partial charge in [0, 0.05) is 5.56 Å². The Morgan fingerprint density at radius 2 is 1.90 bits per heavy atom. The molecule has 0 bridgehead atoms. The van der Waals surface area contributed by atoms with E-state index in [0.29, 0.717) is 16.6 Å². The molecule has 1 heterocycles. The minimum atomic E-state index is -0.347. The molecule has 1 saturated carbocycles. The maximum Gasteiger partial charge on any atom is 0.257 e. The number of carbonyl (C=O) groups excluding carboxylic acids is 1. The summed E-state index contributed by atoms with van der Waals surface area (Å²) in [5.41, 5.74) is 0.254. The second kappa shape index (κ2) is 5.81. The molecule has 110 valence electrons. The van der Waals surface area contributed by atoms with Gasteiger partial charge in [-0.05, 0) is 50.0 Å². The Hall–Kier alpha value is -1.95. The molecule has 5 nitrogen and oxygen atoms in total. The van der Waals surface area contributed by atoms with Gasteiger partial charge < -0.3 is 10.6 Å². The summed E-state index contributed by atoms with van der Waals surface area (Å²) in [4.78, 5) is 16.9. The Kier molecular flexibility index (Phi) is 3.88. The number of amides is 1. The Morgan fingerprint density at radius 1 is 1.19 bits per heavy atom. The predicted octanol–water partition coefficient (Wildman–Crippen LogP) is 1.91. The molecule has 1 spiro atoms. The summed E-state index contributed by atoms with van der Waals surface area (Å²) in [5.74, 6) is 0.256. The Balaban J connectivity index is 1.77. The zero-order chi connectivity index (χ0) is 14.7. The van der Waals surface area contributed by atoms with Crippen molar-refractivity contribution in [3.05, 3.63) is 35.9 Å². The van der Waals surface area contributed by atoms with Crippen molar-refractivity contribution in [1.82, 2.24) is 16.0 Å². The van der Waals surface area contributed by atoms with Crippen LogP contribution in [0, 0.1) is 0 Å². The van der Waals surface area contributed by atoms with Crippen molar-refractivity contribution in [3.63, 3.8) is 0 Å². The van der Waals surface area contributed by atoms with Crippen LogP contribution in [-0.2, 0) is 0 Å². The largest absolute Gasteiger partial charge is 0.338 e. The Bertz CT molecular complexity index is 579. The monoisotopic (exact) mass is 302 g/mol. The summed E-state index contributed by atoms with van der Waals surface area (Å²) in [5, 5.41) is 9.52. The number of benzene rings is 1. The number of guanidine groups is 1. The van der Waals surface area contributed by atoms with Gasteiger partial charge in [0.15, 0.2) is 5.11 Å². The molecule has 3 rings (SSSR count). The van der Waals surface area contributed by atoms with Crippen LogP contribution < -0.4 is 16.0 Å². The molecule has 21 heavy (non-hydrogen) atoms. The van der Waals surface area contributed by atoms with Crippen molar-refractivity contribution in [3.8, 4) is 0 Å². The summed E-state index contributed by atoms with van der Waals surface area (Å²) in [6.45, 7) is 0. The van der Waals surface area contributed by atoms with Crippen LogP contribution in [-0.4, -0.2) is 22.6 Å². The molecule has 1 fully saturated rings. The SMILES string of the molecule is O=C(NC1=NC2(CCCCC2)NC(=S)N1)c1ccccc1. The van der Waals surface area contributed by atoms with Crippen molar-refractivity contribution in [2.45, 2.75) is 37.8 Å². The smallest absolute Gasteiger partial charge is 0.257 e. The molecule has 0 radical (unpaired) electrons. The minimum absolute atomic E-state index is 0.183. The van der Waals surface area contributed by atoms with Gasteiger partial charge in [-0.25, -0.2) is 4.99 Å². The van der Waals surface area contributed by atoms with Gasteiger partial charge in [0.1, 0.15) is 5.66 Å². The van der Waals surface area contributed by atoms with Gasteiger partial charge in [-0.2, -0.15) is 0 Å². The van der Waals surface area contributed by atoms with E-state index in [1.54, 1.807) is 12.1 Å². The first-order valence-electron chi connectivity index (χ1n) is 7.22. The summed E-state index contributed by atoms with van der Waals surface area (Å²) in [7, 11) is 0. The van der Waals surface area contributed by atoms with Crippen LogP contribution in [0.4, 0.5) is 0 Å². The molecular formula is C15H18N4OS. The van der Waals surface area contributed by atoms with Crippen molar-refractivity contribution in [2.24, 2.45) is 4.99 Å². The van der Waals surface area contributed by atoms with E-state index in [9.17, 15) is 4.79 Å². The van der Waals surface area contributed by atoms with Gasteiger partial charge in [-0.15, -0.1) is 0 Å². The van der Waals surface area contributed by atoms with Crippen LogP contribution in [0.1, 0.15) is 42.5 Å². The van der Waals surface area contributed by atoms with Gasteiger partial charge >= 0.3 is 0 Å². The molecule has 3 N–H and O–H groups in total. The van der Waals surface area contributed by atoms with Crippen molar-refractivity contribution < 1.29 is 4.79 Å². The van der Waals surface area contributed by atoms with E-state index < -0.39 is 0 Å². The van der Waals surface area contributed by atoms with Gasteiger partial charge in [0.25, 0.3) is 5.91 Å². The van der Waals surface area contributed by atoms with Crippen molar-refractivity contribution in [1.29, 1.82) is 0 Å². The maximum atomic E-state index is 12.2. The summed E-state index contributed by atoms with van der Waals surface area (Å²) >= 11 is 5.25. The van der Waals surface area contributed by atoms with Crippen LogP contribution in [0.15, 0.2) is 35.3 Å². The first-order chi connectivity index (χ1) is 10.2. The van der Waals surface area contributed by atoms with Crippen molar-refractivity contribution >= 4 is 29.2 Å². The minimum Gasteiger partial charge on any atom is -0.338 e. The van der Waals surface area contributed by atoms with E-state index in [-0.39, 0.29) is 11.6 Å². The third kappa shape index (κ3) is 3.21. The van der Waals surface area contributed by atoms with E-state index in [1.165, 1.54) is 6.42 Å². The summed E-state index contributed by atoms with van der Waals surface area (Å²) in [6.07, 6.45) is 5.36. The quantitative estimate of drug-likeness (QED) is 0.693. The lowest BCUT2D eigenvalue weighted by Crippen LogP contribution is -2.61. The normalized spacial score (nSPS) is 20.2. The first-order valence-corrected chi connectivity index (χ1v) is 7.63. The highest BCUT2D eigenvalue weighted by Gasteiger charge is 2.35. The molecule has 0 saturated heterocycles. The molecule has 1 aliphatic heterocycles. The molecule has 1 amide bonds. The van der Waals surface area contributed by atoms with Gasteiger partial charge in [-0.3, -0.25) is 10.1 Å². The van der Waals surface area contributed by atoms with Gasteiger partial charge in [0.2, 0.25) is 5.96 Å². The fourth-order valence-electron chi connectivity index (χ4n) is 2.82. The van der Waals surface area contributed by atoms with Crippen molar-refractivity contribution in [2.75, 3.05) is 0 Å². The number of rotatable bonds is 1. The Morgan fingerprint density at radius 3 is 2.62 bits per heavy atom. The summed E-state index contributed by atoms with van der Waals surface area (Å²) in [6, 6.07) is 9.08. The highest BCUT2D eigenvalue weighted by Crippen LogP contribution is 2.30. The predicted molar refractivity (Wildman–Crippen MR) is 86.0 cm³/mol. The molecule has 6 heteroatoms. The third-order valence-electron chi connectivity index (χ3n) is 3.85. The molecule has 1 aromatic rings. The standard InChI is InChI=1S/C15H18N4OS/c20-12(11-7-3-1-4-8-11)16-13-17-14(21)19-15(18-13)9-5-2-6-10-15/h1,3-4,7-8H,2,5-6,9-10H2,(H3,16,17,18,19,20,21). The third-order valence-corrected chi connectivity index (χ3v) is 4.06. The van der Waals surface area contributed by atoms with E-state index in [2.05, 4.69) is 20.9 Å². The number of nitrogens with zero attached hydrogens (tertiary/aromatic N) is 1. The van der Waals surface area contributed by atoms with E-state index in [1.807, 2.05) is 18.2 Å². The lowest BCUT2D eigenvalue weighted by atomic mass is 9.89. The number of thiocarbonyl (C=S) groups is 1. The summed E-state index contributed by atoms with van der Waals surface area (Å²) < 4.78 is 0. The fraction of sp³-hybridized carbons (Fsp3) is 0.400. The van der Waals surface area contributed by atoms with Crippen LogP contribution in [0.2, 0.25) is 0 Å². The zero-order valence-corrected chi connectivity index (χ0v) is 12.5. The second-order valence-corrected chi connectivity index (χ2v) is 5.86. The van der Waals surface area contributed by atoms with E-state index in [4.69, 9.17) is 12.2 Å². The zero-order valence-electron chi connectivity index (χ0n) is 11.7. The average Bonchev–Trinajstić information content (AvgIpc) is 2.48. The highest BCUT2D eigenvalue weighted by atomic mass is 32.1.